The molecule has 2 aromatic carbocycles. The molecule has 4 nitrogen and oxygen atoms in total. The monoisotopic (exact) mass is 418 g/mol. The first-order valence-electron chi connectivity index (χ1n) is 11.0. The minimum Gasteiger partial charge on any atom is -0.395 e. The molecule has 0 fully saturated rings. The third-order valence-corrected chi connectivity index (χ3v) is 6.41. The minimum absolute atomic E-state index is 0.0761. The number of para-hydroxylation sites is 1. The summed E-state index contributed by atoms with van der Waals surface area (Å²) in [4.78, 5) is 13.6. The van der Waals surface area contributed by atoms with Crippen LogP contribution >= 0.6 is 0 Å². The molecule has 0 spiro atoms. The molecule has 164 valence electrons. The highest BCUT2D eigenvalue weighted by molar-refractivity contribution is 6.06. The molecular weight excluding hydrogens is 384 g/mol. The molecule has 0 unspecified atom stereocenters. The molecule has 1 aliphatic heterocycles. The average molecular weight is 419 g/mol. The van der Waals surface area contributed by atoms with Gasteiger partial charge < -0.3 is 10.4 Å². The van der Waals surface area contributed by atoms with Gasteiger partial charge in [-0.1, -0.05) is 73.2 Å². The Kier molecular flexibility index (Phi) is 7.14. The van der Waals surface area contributed by atoms with Crippen LogP contribution in [0, 0.1) is 5.41 Å². The molecule has 3 rings (SSSR count). The van der Waals surface area contributed by atoms with Crippen molar-refractivity contribution in [2.75, 3.05) is 11.9 Å². The average Bonchev–Trinajstić information content (AvgIpc) is 3.06. The zero-order chi connectivity index (χ0) is 22.5. The summed E-state index contributed by atoms with van der Waals surface area (Å²) in [6.07, 6.45) is 6.31. The molecule has 0 aromatic heterocycles. The van der Waals surface area contributed by atoms with Crippen LogP contribution in [-0.4, -0.2) is 23.7 Å². The van der Waals surface area contributed by atoms with Gasteiger partial charge in [0.05, 0.1) is 6.61 Å². The Morgan fingerprint density at radius 3 is 2.52 bits per heavy atom. The van der Waals surface area contributed by atoms with Gasteiger partial charge in [0.25, 0.3) is 0 Å². The van der Waals surface area contributed by atoms with Gasteiger partial charge in [-0.05, 0) is 44.7 Å². The first kappa shape index (κ1) is 23.0. The van der Waals surface area contributed by atoms with Gasteiger partial charge in [-0.15, -0.1) is 6.58 Å². The van der Waals surface area contributed by atoms with Crippen molar-refractivity contribution in [3.05, 3.63) is 90.0 Å². The Morgan fingerprint density at radius 1 is 1.19 bits per heavy atom. The van der Waals surface area contributed by atoms with Crippen LogP contribution in [-0.2, 0) is 16.8 Å². The number of benzene rings is 2. The summed E-state index contributed by atoms with van der Waals surface area (Å²) in [6, 6.07) is 17.6. The molecule has 3 atom stereocenters. The van der Waals surface area contributed by atoms with Crippen LogP contribution < -0.4 is 10.6 Å². The fourth-order valence-electron chi connectivity index (χ4n) is 4.60. The van der Waals surface area contributed by atoms with Crippen LogP contribution in [0.1, 0.15) is 44.7 Å². The standard InChI is InChI=1S/C27H34N2O2/c1-5-26(4,17-11-12-20(2)3)27(23-15-9-10-16-24(23)28-25(27)31)29-22(19-30)18-21-13-7-6-8-14-21/h5-10,12-16,22,29-30H,1,11,17-19H2,2-4H3,(H,28,31)/t22-,26-,27-/m0/s1. The first-order valence-corrected chi connectivity index (χ1v) is 11.0. The molecule has 0 radical (unpaired) electrons. The van der Waals surface area contributed by atoms with E-state index in [1.807, 2.05) is 60.7 Å². The zero-order valence-corrected chi connectivity index (χ0v) is 18.8. The van der Waals surface area contributed by atoms with E-state index >= 15 is 0 Å². The summed E-state index contributed by atoms with van der Waals surface area (Å²) >= 11 is 0. The maximum atomic E-state index is 13.6. The van der Waals surface area contributed by atoms with Crippen LogP contribution in [0.25, 0.3) is 0 Å². The first-order chi connectivity index (χ1) is 14.9. The van der Waals surface area contributed by atoms with Gasteiger partial charge in [-0.2, -0.15) is 0 Å². The van der Waals surface area contributed by atoms with Crippen molar-refractivity contribution >= 4 is 11.6 Å². The maximum Gasteiger partial charge on any atom is 0.250 e. The van der Waals surface area contributed by atoms with Gasteiger partial charge in [-0.3, -0.25) is 10.1 Å². The largest absolute Gasteiger partial charge is 0.395 e. The lowest BCUT2D eigenvalue weighted by Gasteiger charge is -2.46. The van der Waals surface area contributed by atoms with Crippen molar-refractivity contribution in [1.82, 2.24) is 5.32 Å². The molecular formula is C27H34N2O2. The summed E-state index contributed by atoms with van der Waals surface area (Å²) < 4.78 is 0. The number of hydrogen-bond donors (Lipinski definition) is 3. The summed E-state index contributed by atoms with van der Waals surface area (Å²) in [5.74, 6) is -0.0974. The number of amides is 1. The van der Waals surface area contributed by atoms with E-state index in [2.05, 4.69) is 44.1 Å². The van der Waals surface area contributed by atoms with Gasteiger partial charge in [-0.25, -0.2) is 0 Å². The Hall–Kier alpha value is -2.69. The van der Waals surface area contributed by atoms with Crippen LogP contribution in [0.5, 0.6) is 0 Å². The summed E-state index contributed by atoms with van der Waals surface area (Å²) in [6.45, 7) is 10.3. The van der Waals surface area contributed by atoms with Crippen LogP contribution in [0.15, 0.2) is 78.9 Å². The lowest BCUT2D eigenvalue weighted by Crippen LogP contribution is -2.62. The second-order valence-corrected chi connectivity index (χ2v) is 8.91. The lowest BCUT2D eigenvalue weighted by molar-refractivity contribution is -0.127. The summed E-state index contributed by atoms with van der Waals surface area (Å²) in [5, 5.41) is 16.9. The van der Waals surface area contributed by atoms with Gasteiger partial charge in [0, 0.05) is 22.7 Å². The number of hydrogen-bond acceptors (Lipinski definition) is 3. The van der Waals surface area contributed by atoms with Gasteiger partial charge in [0.1, 0.15) is 5.54 Å². The van der Waals surface area contributed by atoms with Crippen molar-refractivity contribution in [2.24, 2.45) is 5.41 Å². The Bertz CT molecular complexity index is 949. The van der Waals surface area contributed by atoms with Crippen molar-refractivity contribution in [1.29, 1.82) is 0 Å². The third-order valence-electron chi connectivity index (χ3n) is 6.41. The molecule has 1 aliphatic rings. The van der Waals surface area contributed by atoms with Crippen LogP contribution in [0.4, 0.5) is 5.69 Å². The number of rotatable bonds is 10. The van der Waals surface area contributed by atoms with E-state index in [1.165, 1.54) is 5.57 Å². The number of anilines is 1. The Balaban J connectivity index is 2.05. The summed E-state index contributed by atoms with van der Waals surface area (Å²) in [7, 11) is 0. The highest BCUT2D eigenvalue weighted by Crippen LogP contribution is 2.51. The molecule has 1 amide bonds. The van der Waals surface area contributed by atoms with Gasteiger partial charge in [0.2, 0.25) is 5.91 Å². The number of aliphatic hydroxyl groups excluding tert-OH is 1. The quantitative estimate of drug-likeness (QED) is 0.478. The smallest absolute Gasteiger partial charge is 0.250 e. The fourth-order valence-corrected chi connectivity index (χ4v) is 4.60. The maximum absolute atomic E-state index is 13.6. The number of carbonyl (C=O) groups excluding carboxylic acids is 1. The number of allylic oxidation sites excluding steroid dienone is 2. The normalized spacial score (nSPS) is 20.3. The van der Waals surface area contributed by atoms with E-state index in [9.17, 15) is 9.90 Å². The number of carbonyl (C=O) groups is 1. The topological polar surface area (TPSA) is 61.4 Å². The van der Waals surface area contributed by atoms with Crippen molar-refractivity contribution in [2.45, 2.75) is 51.6 Å². The molecule has 0 aliphatic carbocycles. The molecule has 0 saturated heterocycles. The van der Waals surface area contributed by atoms with E-state index in [0.717, 1.165) is 29.7 Å². The van der Waals surface area contributed by atoms with Crippen molar-refractivity contribution in [3.8, 4) is 0 Å². The van der Waals surface area contributed by atoms with Gasteiger partial charge >= 0.3 is 0 Å². The molecule has 31 heavy (non-hydrogen) atoms. The Labute approximate surface area is 186 Å². The minimum atomic E-state index is -1.02. The van der Waals surface area contributed by atoms with Crippen molar-refractivity contribution in [3.63, 3.8) is 0 Å². The number of aliphatic hydroxyl groups is 1. The number of nitrogens with one attached hydrogen (secondary N) is 2. The predicted molar refractivity (Wildman–Crippen MR) is 128 cm³/mol. The van der Waals surface area contributed by atoms with E-state index in [0.29, 0.717) is 6.42 Å². The highest BCUT2D eigenvalue weighted by atomic mass is 16.3. The fraction of sp³-hybridized carbons (Fsp3) is 0.370. The molecule has 0 bridgehead atoms. The summed E-state index contributed by atoms with van der Waals surface area (Å²) in [5.41, 5.74) is 2.49. The second-order valence-electron chi connectivity index (χ2n) is 8.91. The SMILES string of the molecule is C=C[C@@](C)(CCC=C(C)C)[C@@]1(N[C@H](CO)Cc2ccccc2)C(=O)Nc2ccccc21. The van der Waals surface area contributed by atoms with E-state index in [1.54, 1.807) is 0 Å². The number of fused-ring (bicyclic) bond motifs is 1. The molecule has 3 N–H and O–H groups in total. The predicted octanol–water partition coefficient (Wildman–Crippen LogP) is 4.97. The highest BCUT2D eigenvalue weighted by Gasteiger charge is 2.57. The molecule has 4 heteroatoms. The van der Waals surface area contributed by atoms with E-state index < -0.39 is 11.0 Å². The van der Waals surface area contributed by atoms with E-state index in [4.69, 9.17) is 0 Å². The van der Waals surface area contributed by atoms with Crippen LogP contribution in [0.2, 0.25) is 0 Å². The molecule has 0 saturated carbocycles. The second kappa shape index (κ2) is 9.63. The zero-order valence-electron chi connectivity index (χ0n) is 18.8. The van der Waals surface area contributed by atoms with Crippen molar-refractivity contribution < 1.29 is 9.90 Å². The Morgan fingerprint density at radius 2 is 1.87 bits per heavy atom. The van der Waals surface area contributed by atoms with Gasteiger partial charge in [0.15, 0.2) is 0 Å². The van der Waals surface area contributed by atoms with E-state index in [-0.39, 0.29) is 18.6 Å². The molecule has 1 heterocycles. The lowest BCUT2D eigenvalue weighted by atomic mass is 9.64. The molecule has 2 aromatic rings. The third kappa shape index (κ3) is 4.51. The van der Waals surface area contributed by atoms with Crippen LogP contribution in [0.3, 0.4) is 0 Å².